The molecule has 0 bridgehead atoms. The standard InChI is InChI=1S/C12H18N2O2S/c1-3-9-6-13-11(17-9)7(2)14-10(12(15)16)8-4-5-8/h6-8,10,14H,3-5H2,1-2H3,(H,15,16). The zero-order valence-corrected chi connectivity index (χ0v) is 11.0. The second-order valence-corrected chi connectivity index (χ2v) is 5.71. The molecule has 1 aliphatic carbocycles. The van der Waals surface area contributed by atoms with Crippen LogP contribution in [0.4, 0.5) is 0 Å². The molecule has 1 aromatic heterocycles. The largest absolute Gasteiger partial charge is 0.480 e. The number of hydrogen-bond acceptors (Lipinski definition) is 4. The fourth-order valence-electron chi connectivity index (χ4n) is 1.87. The highest BCUT2D eigenvalue weighted by molar-refractivity contribution is 7.11. The topological polar surface area (TPSA) is 62.2 Å². The number of aliphatic carboxylic acids is 1. The second-order valence-electron chi connectivity index (χ2n) is 4.56. The van der Waals surface area contributed by atoms with Gasteiger partial charge in [-0.05, 0) is 32.1 Å². The van der Waals surface area contributed by atoms with Crippen molar-refractivity contribution in [1.82, 2.24) is 10.3 Å². The van der Waals surface area contributed by atoms with Gasteiger partial charge in [-0.2, -0.15) is 0 Å². The third-order valence-electron chi connectivity index (χ3n) is 3.08. The van der Waals surface area contributed by atoms with Gasteiger partial charge in [0.05, 0.1) is 6.04 Å². The van der Waals surface area contributed by atoms with Gasteiger partial charge in [0, 0.05) is 11.1 Å². The van der Waals surface area contributed by atoms with E-state index in [1.54, 1.807) is 11.3 Å². The molecule has 94 valence electrons. The fraction of sp³-hybridized carbons (Fsp3) is 0.667. The number of aromatic nitrogens is 1. The minimum absolute atomic E-state index is 0.0157. The Hall–Kier alpha value is -0.940. The predicted molar refractivity (Wildman–Crippen MR) is 67.2 cm³/mol. The van der Waals surface area contributed by atoms with Gasteiger partial charge in [0.2, 0.25) is 0 Å². The number of hydrogen-bond donors (Lipinski definition) is 2. The van der Waals surface area contributed by atoms with Crippen LogP contribution in [0.25, 0.3) is 0 Å². The first-order valence-corrected chi connectivity index (χ1v) is 6.87. The molecule has 1 saturated carbocycles. The number of carbonyl (C=O) groups is 1. The summed E-state index contributed by atoms with van der Waals surface area (Å²) in [5, 5.41) is 13.3. The molecule has 5 heteroatoms. The van der Waals surface area contributed by atoms with Crippen molar-refractivity contribution in [2.45, 2.75) is 45.2 Å². The van der Waals surface area contributed by atoms with Crippen LogP contribution in [0.3, 0.4) is 0 Å². The van der Waals surface area contributed by atoms with Gasteiger partial charge < -0.3 is 5.11 Å². The summed E-state index contributed by atoms with van der Waals surface area (Å²) < 4.78 is 0. The van der Waals surface area contributed by atoms with E-state index in [4.69, 9.17) is 5.11 Å². The lowest BCUT2D eigenvalue weighted by atomic mass is 10.1. The van der Waals surface area contributed by atoms with Crippen molar-refractivity contribution in [3.05, 3.63) is 16.1 Å². The van der Waals surface area contributed by atoms with E-state index in [2.05, 4.69) is 17.2 Å². The summed E-state index contributed by atoms with van der Waals surface area (Å²) in [7, 11) is 0. The number of thiazole rings is 1. The Kier molecular flexibility index (Phi) is 3.79. The molecule has 1 heterocycles. The molecule has 0 aliphatic heterocycles. The molecule has 0 saturated heterocycles. The van der Waals surface area contributed by atoms with Gasteiger partial charge in [0.15, 0.2) is 0 Å². The summed E-state index contributed by atoms with van der Waals surface area (Å²) in [6.45, 7) is 4.08. The van der Waals surface area contributed by atoms with Gasteiger partial charge in [-0.3, -0.25) is 10.1 Å². The summed E-state index contributed by atoms with van der Waals surface area (Å²) in [6, 6.07) is -0.402. The van der Waals surface area contributed by atoms with Gasteiger partial charge in [0.25, 0.3) is 0 Å². The number of aryl methyl sites for hydroxylation is 1. The van der Waals surface area contributed by atoms with E-state index in [1.165, 1.54) is 4.88 Å². The Balaban J connectivity index is 1.99. The van der Waals surface area contributed by atoms with Gasteiger partial charge in [0.1, 0.15) is 11.0 Å². The van der Waals surface area contributed by atoms with Crippen LogP contribution >= 0.6 is 11.3 Å². The van der Waals surface area contributed by atoms with Crippen LogP contribution < -0.4 is 5.32 Å². The minimum Gasteiger partial charge on any atom is -0.480 e. The number of nitrogens with one attached hydrogen (secondary N) is 1. The fourth-order valence-corrected chi connectivity index (χ4v) is 2.73. The van der Waals surface area contributed by atoms with Crippen LogP contribution in [-0.4, -0.2) is 22.1 Å². The van der Waals surface area contributed by atoms with Crippen molar-refractivity contribution in [2.24, 2.45) is 5.92 Å². The van der Waals surface area contributed by atoms with E-state index in [9.17, 15) is 4.79 Å². The Morgan fingerprint density at radius 1 is 1.71 bits per heavy atom. The van der Waals surface area contributed by atoms with Crippen molar-refractivity contribution >= 4 is 17.3 Å². The lowest BCUT2D eigenvalue weighted by molar-refractivity contribution is -0.140. The van der Waals surface area contributed by atoms with Crippen molar-refractivity contribution < 1.29 is 9.90 Å². The average molecular weight is 254 g/mol. The van der Waals surface area contributed by atoms with E-state index >= 15 is 0 Å². The quantitative estimate of drug-likeness (QED) is 0.817. The minimum atomic E-state index is -0.744. The third kappa shape index (κ3) is 3.04. The van der Waals surface area contributed by atoms with Gasteiger partial charge >= 0.3 is 5.97 Å². The summed E-state index contributed by atoms with van der Waals surface area (Å²) in [4.78, 5) is 16.7. The molecule has 17 heavy (non-hydrogen) atoms. The number of carboxylic acid groups (broad SMARTS) is 1. The molecule has 0 aromatic carbocycles. The van der Waals surface area contributed by atoms with Crippen molar-refractivity contribution in [2.75, 3.05) is 0 Å². The van der Waals surface area contributed by atoms with E-state index in [-0.39, 0.29) is 6.04 Å². The van der Waals surface area contributed by atoms with Crippen LogP contribution in [0.5, 0.6) is 0 Å². The molecule has 0 amide bonds. The molecule has 2 N–H and O–H groups in total. The van der Waals surface area contributed by atoms with Crippen LogP contribution in [0.1, 0.15) is 42.6 Å². The highest BCUT2D eigenvalue weighted by Gasteiger charge is 2.37. The monoisotopic (exact) mass is 254 g/mol. The van der Waals surface area contributed by atoms with Crippen LogP contribution in [-0.2, 0) is 11.2 Å². The maximum atomic E-state index is 11.1. The van der Waals surface area contributed by atoms with E-state index in [0.717, 1.165) is 24.3 Å². The van der Waals surface area contributed by atoms with Crippen molar-refractivity contribution in [3.8, 4) is 0 Å². The van der Waals surface area contributed by atoms with Gasteiger partial charge in [-0.1, -0.05) is 6.92 Å². The molecule has 1 aliphatic rings. The zero-order valence-electron chi connectivity index (χ0n) is 10.1. The van der Waals surface area contributed by atoms with Crippen molar-refractivity contribution in [3.63, 3.8) is 0 Å². The molecular formula is C12H18N2O2S. The van der Waals surface area contributed by atoms with E-state index in [1.807, 2.05) is 13.1 Å². The molecular weight excluding hydrogens is 236 g/mol. The second kappa shape index (κ2) is 5.14. The highest BCUT2D eigenvalue weighted by Crippen LogP contribution is 2.34. The molecule has 2 atom stereocenters. The van der Waals surface area contributed by atoms with E-state index < -0.39 is 12.0 Å². The SMILES string of the molecule is CCc1cnc(C(C)NC(C(=O)O)C2CC2)s1. The number of carboxylic acids is 1. The lowest BCUT2D eigenvalue weighted by Gasteiger charge is -2.18. The summed E-state index contributed by atoms with van der Waals surface area (Å²) in [5.74, 6) is -0.438. The molecule has 4 nitrogen and oxygen atoms in total. The van der Waals surface area contributed by atoms with Gasteiger partial charge in [-0.15, -0.1) is 11.3 Å². The molecule has 0 spiro atoms. The molecule has 1 aromatic rings. The van der Waals surface area contributed by atoms with Crippen molar-refractivity contribution in [1.29, 1.82) is 0 Å². The Labute approximate surface area is 105 Å². The molecule has 2 rings (SSSR count). The van der Waals surface area contributed by atoms with Gasteiger partial charge in [-0.25, -0.2) is 4.98 Å². The van der Waals surface area contributed by atoms with Crippen LogP contribution in [0, 0.1) is 5.92 Å². The van der Waals surface area contributed by atoms with Crippen LogP contribution in [0.2, 0.25) is 0 Å². The average Bonchev–Trinajstić information content (AvgIpc) is 3.01. The summed E-state index contributed by atoms with van der Waals surface area (Å²) >= 11 is 1.66. The maximum absolute atomic E-state index is 11.1. The number of rotatable bonds is 6. The Bertz CT molecular complexity index is 401. The summed E-state index contributed by atoms with van der Waals surface area (Å²) in [6.07, 6.45) is 4.91. The first kappa shape index (κ1) is 12.5. The van der Waals surface area contributed by atoms with E-state index in [0.29, 0.717) is 5.92 Å². The summed E-state index contributed by atoms with van der Waals surface area (Å²) in [5.41, 5.74) is 0. The first-order chi connectivity index (χ1) is 8.11. The molecule has 0 radical (unpaired) electrons. The maximum Gasteiger partial charge on any atom is 0.321 e. The predicted octanol–water partition coefficient (Wildman–Crippen LogP) is 2.22. The Morgan fingerprint density at radius 3 is 2.88 bits per heavy atom. The lowest BCUT2D eigenvalue weighted by Crippen LogP contribution is -2.39. The first-order valence-electron chi connectivity index (χ1n) is 6.05. The molecule has 2 unspecified atom stereocenters. The highest BCUT2D eigenvalue weighted by atomic mass is 32.1. The normalized spacial score (nSPS) is 18.9. The van der Waals surface area contributed by atoms with Crippen LogP contribution in [0.15, 0.2) is 6.20 Å². The smallest absolute Gasteiger partial charge is 0.321 e. The zero-order chi connectivity index (χ0) is 12.4. The molecule has 1 fully saturated rings. The Morgan fingerprint density at radius 2 is 2.41 bits per heavy atom. The number of nitrogens with zero attached hydrogens (tertiary/aromatic N) is 1. The third-order valence-corrected chi connectivity index (χ3v) is 4.40.